The maximum atomic E-state index is 14.1. The minimum absolute atomic E-state index is 0.172. The molecule has 0 saturated heterocycles. The van der Waals surface area contributed by atoms with Crippen LogP contribution in [0.3, 0.4) is 0 Å². The van der Waals surface area contributed by atoms with Gasteiger partial charge in [0.15, 0.2) is 22.9 Å². The van der Waals surface area contributed by atoms with E-state index in [9.17, 15) is 14.4 Å². The summed E-state index contributed by atoms with van der Waals surface area (Å²) in [6.45, 7) is 8.43. The van der Waals surface area contributed by atoms with Crippen molar-refractivity contribution in [3.05, 3.63) is 82.1 Å². The number of benzene rings is 2. The van der Waals surface area contributed by atoms with Crippen LogP contribution in [0, 0.1) is 3.57 Å². The van der Waals surface area contributed by atoms with E-state index in [1.165, 1.54) is 18.4 Å². The molecule has 10 nitrogen and oxygen atoms in total. The van der Waals surface area contributed by atoms with Gasteiger partial charge in [0.05, 0.1) is 40.2 Å². The Morgan fingerprint density at radius 2 is 1.79 bits per heavy atom. The fraction of sp³-hybridized carbons (Fsp3) is 0.355. The zero-order valence-corrected chi connectivity index (χ0v) is 27.9. The molecule has 0 N–H and O–H groups in total. The van der Waals surface area contributed by atoms with Crippen LogP contribution in [0.1, 0.15) is 44.9 Å². The summed E-state index contributed by atoms with van der Waals surface area (Å²) in [6.07, 6.45) is 1.76. The third-order valence-electron chi connectivity index (χ3n) is 6.93. The molecule has 12 heteroatoms. The third-order valence-corrected chi connectivity index (χ3v) is 8.71. The third kappa shape index (κ3) is 6.64. The van der Waals surface area contributed by atoms with E-state index in [1.54, 1.807) is 42.6 Å². The highest BCUT2D eigenvalue weighted by molar-refractivity contribution is 14.1. The number of fused-ring (bicyclic) bond motifs is 1. The maximum absolute atomic E-state index is 14.1. The van der Waals surface area contributed by atoms with E-state index in [-0.39, 0.29) is 24.7 Å². The lowest BCUT2D eigenvalue weighted by Crippen LogP contribution is -2.43. The van der Waals surface area contributed by atoms with Crippen LogP contribution in [-0.4, -0.2) is 61.9 Å². The zero-order chi connectivity index (χ0) is 31.3. The summed E-state index contributed by atoms with van der Waals surface area (Å²) in [5, 5.41) is 0. The first-order valence-electron chi connectivity index (χ1n) is 13.8. The number of esters is 1. The van der Waals surface area contributed by atoms with Crippen molar-refractivity contribution in [3.8, 4) is 17.2 Å². The van der Waals surface area contributed by atoms with Gasteiger partial charge >= 0.3 is 5.97 Å². The molecule has 2 heterocycles. The molecule has 0 radical (unpaired) electrons. The minimum atomic E-state index is -0.726. The molecule has 0 spiro atoms. The number of carbonyl (C=O) groups excluding carboxylic acids is 2. The summed E-state index contributed by atoms with van der Waals surface area (Å²) in [5.41, 5.74) is 2.10. The molecule has 0 bridgehead atoms. The first-order valence-corrected chi connectivity index (χ1v) is 15.7. The highest BCUT2D eigenvalue weighted by Crippen LogP contribution is 2.36. The molecular weight excluding hydrogens is 685 g/mol. The number of para-hydroxylation sites is 1. The number of carbonyl (C=O) groups is 2. The van der Waals surface area contributed by atoms with Crippen LogP contribution >= 0.6 is 33.9 Å². The van der Waals surface area contributed by atoms with Gasteiger partial charge in [-0.2, -0.15) is 0 Å². The molecule has 0 fully saturated rings. The molecule has 2 aromatic carbocycles. The number of allylic oxidation sites excluding steroid dienone is 1. The molecule has 228 valence electrons. The lowest BCUT2D eigenvalue weighted by Gasteiger charge is -2.29. The fourth-order valence-electron chi connectivity index (χ4n) is 4.91. The molecule has 1 atom stereocenters. The van der Waals surface area contributed by atoms with Crippen molar-refractivity contribution in [2.75, 3.05) is 40.5 Å². The van der Waals surface area contributed by atoms with E-state index in [2.05, 4.69) is 22.6 Å². The number of hydrogen-bond acceptors (Lipinski definition) is 9. The van der Waals surface area contributed by atoms with Crippen molar-refractivity contribution in [2.45, 2.75) is 33.7 Å². The topological polar surface area (TPSA) is 109 Å². The number of aromatic nitrogens is 1. The SMILES string of the molecule is CCOC(=O)COc1c(I)cc(/C=c2/sc3n(c2=O)[C@H](c2ccccc2OC)C(C(=O)N(CC)CC)=C(C)N=3)cc1OC. The van der Waals surface area contributed by atoms with E-state index in [0.717, 1.165) is 0 Å². The number of thiazole rings is 1. The zero-order valence-electron chi connectivity index (χ0n) is 24.9. The van der Waals surface area contributed by atoms with Gasteiger partial charge in [-0.05, 0) is 80.1 Å². The molecule has 1 aliphatic heterocycles. The number of ether oxygens (including phenoxy) is 4. The van der Waals surface area contributed by atoms with Crippen molar-refractivity contribution in [3.63, 3.8) is 0 Å². The Kier molecular flexibility index (Phi) is 10.7. The van der Waals surface area contributed by atoms with E-state index < -0.39 is 12.0 Å². The second kappa shape index (κ2) is 14.2. The average molecular weight is 720 g/mol. The highest BCUT2D eigenvalue weighted by atomic mass is 127. The summed E-state index contributed by atoms with van der Waals surface area (Å²) in [4.78, 5) is 46.7. The molecule has 43 heavy (non-hydrogen) atoms. The first kappa shape index (κ1) is 32.3. The van der Waals surface area contributed by atoms with Gasteiger partial charge in [0, 0.05) is 18.7 Å². The lowest BCUT2D eigenvalue weighted by molar-refractivity contribution is -0.145. The van der Waals surface area contributed by atoms with Gasteiger partial charge in [0.25, 0.3) is 11.5 Å². The Bertz CT molecular complexity index is 1740. The second-order valence-corrected chi connectivity index (χ2v) is 11.6. The van der Waals surface area contributed by atoms with Crippen LogP contribution in [0.25, 0.3) is 6.08 Å². The normalized spacial score (nSPS) is 14.6. The van der Waals surface area contributed by atoms with Crippen molar-refractivity contribution < 1.29 is 28.5 Å². The van der Waals surface area contributed by atoms with Gasteiger partial charge in [-0.15, -0.1) is 0 Å². The smallest absolute Gasteiger partial charge is 0.344 e. The van der Waals surface area contributed by atoms with Gasteiger partial charge in [0.1, 0.15) is 11.8 Å². The highest BCUT2D eigenvalue weighted by Gasteiger charge is 2.35. The molecule has 0 aliphatic carbocycles. The van der Waals surface area contributed by atoms with Crippen molar-refractivity contribution in [2.24, 2.45) is 4.99 Å². The van der Waals surface area contributed by atoms with Crippen LogP contribution in [-0.2, 0) is 14.3 Å². The van der Waals surface area contributed by atoms with Gasteiger partial charge in [0.2, 0.25) is 0 Å². The van der Waals surface area contributed by atoms with Crippen LogP contribution < -0.4 is 29.1 Å². The number of amides is 1. The van der Waals surface area contributed by atoms with Crippen molar-refractivity contribution >= 4 is 51.9 Å². The van der Waals surface area contributed by atoms with Gasteiger partial charge < -0.3 is 23.8 Å². The predicted octanol–water partition coefficient (Wildman–Crippen LogP) is 3.67. The predicted molar refractivity (Wildman–Crippen MR) is 173 cm³/mol. The van der Waals surface area contributed by atoms with Crippen molar-refractivity contribution in [1.82, 2.24) is 9.47 Å². The molecule has 4 rings (SSSR count). The number of methoxy groups -OCH3 is 2. The second-order valence-electron chi connectivity index (χ2n) is 9.43. The van der Waals surface area contributed by atoms with E-state index >= 15 is 0 Å². The summed E-state index contributed by atoms with van der Waals surface area (Å²) in [7, 11) is 3.07. The number of halogens is 1. The van der Waals surface area contributed by atoms with E-state index in [0.29, 0.717) is 65.6 Å². The van der Waals surface area contributed by atoms with E-state index in [4.69, 9.17) is 23.9 Å². The standard InChI is InChI=1S/C31H34IN3O7S/c1-7-34(8-2)30(38)26-18(4)33-31-35(27(26)20-12-10-11-13-22(20)39-5)29(37)24(43-31)16-19-14-21(32)28(23(15-19)40-6)42-17-25(36)41-9-3/h10-16,27H,7-9,17H2,1-6H3/b24-16+/t27-/m1/s1. The maximum Gasteiger partial charge on any atom is 0.344 e. The Hall–Kier alpha value is -3.65. The number of rotatable bonds is 11. The number of nitrogens with zero attached hydrogens (tertiary/aromatic N) is 3. The Labute approximate surface area is 267 Å². The summed E-state index contributed by atoms with van der Waals surface area (Å²) >= 11 is 3.34. The Morgan fingerprint density at radius 3 is 2.44 bits per heavy atom. The molecule has 1 aromatic heterocycles. The Morgan fingerprint density at radius 1 is 1.09 bits per heavy atom. The lowest BCUT2D eigenvalue weighted by atomic mass is 9.94. The largest absolute Gasteiger partial charge is 0.496 e. The molecule has 3 aromatic rings. The van der Waals surface area contributed by atoms with Gasteiger partial charge in [-0.1, -0.05) is 29.5 Å². The molecule has 1 aliphatic rings. The van der Waals surface area contributed by atoms with E-state index in [1.807, 2.05) is 44.2 Å². The summed E-state index contributed by atoms with van der Waals surface area (Å²) < 4.78 is 24.6. The first-order chi connectivity index (χ1) is 20.7. The van der Waals surface area contributed by atoms with Gasteiger partial charge in [-0.3, -0.25) is 14.2 Å². The van der Waals surface area contributed by atoms with Crippen LogP contribution in [0.15, 0.2) is 57.5 Å². The fourth-order valence-corrected chi connectivity index (χ4v) is 6.74. The monoisotopic (exact) mass is 719 g/mol. The molecule has 0 unspecified atom stereocenters. The average Bonchev–Trinajstić information content (AvgIpc) is 3.29. The molecule has 0 saturated carbocycles. The molecular formula is C31H34IN3O7S. The quantitative estimate of drug-likeness (QED) is 0.220. The number of likely N-dealkylation sites (N-methyl/N-ethyl adjacent to an activating group) is 1. The van der Waals surface area contributed by atoms with Gasteiger partial charge in [-0.25, -0.2) is 9.79 Å². The van der Waals surface area contributed by atoms with Crippen molar-refractivity contribution in [1.29, 1.82) is 0 Å². The summed E-state index contributed by atoms with van der Waals surface area (Å²) in [6, 6.07) is 10.2. The minimum Gasteiger partial charge on any atom is -0.496 e. The Balaban J connectivity index is 1.87. The number of hydrogen-bond donors (Lipinski definition) is 0. The van der Waals surface area contributed by atoms with Crippen LogP contribution in [0.5, 0.6) is 17.2 Å². The molecule has 1 amide bonds. The van der Waals surface area contributed by atoms with Crippen LogP contribution in [0.4, 0.5) is 0 Å². The summed E-state index contributed by atoms with van der Waals surface area (Å²) in [5.74, 6) is 0.726. The van der Waals surface area contributed by atoms with Crippen LogP contribution in [0.2, 0.25) is 0 Å².